The molecule has 66 valence electrons. The van der Waals surface area contributed by atoms with E-state index < -0.39 is 0 Å². The molecular weight excluding hydrogens is 162 g/mol. The molecule has 0 heterocycles. The highest BCUT2D eigenvalue weighted by Gasteiger charge is 1.97. The fourth-order valence-electron chi connectivity index (χ4n) is 1.05. The zero-order valence-electron chi connectivity index (χ0n) is 7.74. The molecule has 0 atom stereocenters. The van der Waals surface area contributed by atoms with E-state index in [4.69, 9.17) is 0 Å². The summed E-state index contributed by atoms with van der Waals surface area (Å²) >= 11 is 0. The number of hydrogen-bond acceptors (Lipinski definition) is 2. The fourth-order valence-corrected chi connectivity index (χ4v) is 1.05. The highest BCUT2D eigenvalue weighted by molar-refractivity contribution is 5.67. The van der Waals surface area contributed by atoms with Crippen LogP contribution in [0.3, 0.4) is 0 Å². The number of aliphatic imine (C=N–C) groups is 1. The molecule has 13 heavy (non-hydrogen) atoms. The molecule has 0 aromatic heterocycles. The van der Waals surface area contributed by atoms with Gasteiger partial charge in [0.05, 0.1) is 5.70 Å². The number of allylic oxidation sites excluding steroid dienone is 2. The van der Waals surface area contributed by atoms with Crippen molar-refractivity contribution in [1.29, 1.82) is 0 Å². The minimum atomic E-state index is 0.709. The van der Waals surface area contributed by atoms with Gasteiger partial charge in [-0.15, -0.1) is 0 Å². The van der Waals surface area contributed by atoms with E-state index in [0.29, 0.717) is 5.70 Å². The normalized spacial score (nSPS) is 11.5. The van der Waals surface area contributed by atoms with Crippen LogP contribution in [0, 0.1) is 0 Å². The average Bonchev–Trinajstić information content (AvgIpc) is 2.18. The molecule has 0 saturated heterocycles. The average molecular weight is 173 g/mol. The van der Waals surface area contributed by atoms with Gasteiger partial charge in [-0.25, -0.2) is 4.79 Å². The van der Waals surface area contributed by atoms with E-state index in [-0.39, 0.29) is 0 Å². The Morgan fingerprint density at radius 1 is 1.23 bits per heavy atom. The van der Waals surface area contributed by atoms with Crippen molar-refractivity contribution >= 4 is 11.7 Å². The maximum Gasteiger partial charge on any atom is 0.240 e. The summed E-state index contributed by atoms with van der Waals surface area (Å²) in [5.41, 5.74) is 2.80. The molecule has 1 aromatic carbocycles. The highest BCUT2D eigenvalue weighted by Crippen LogP contribution is 2.17. The van der Waals surface area contributed by atoms with Crippen molar-refractivity contribution < 1.29 is 4.79 Å². The Kier molecular flexibility index (Phi) is 3.18. The molecule has 0 aliphatic carbocycles. The molecule has 0 fully saturated rings. The Hall–Kier alpha value is -1.66. The minimum Gasteiger partial charge on any atom is -0.211 e. The topological polar surface area (TPSA) is 29.4 Å². The van der Waals surface area contributed by atoms with Gasteiger partial charge in [0.25, 0.3) is 0 Å². The number of hydrogen-bond donors (Lipinski definition) is 0. The van der Waals surface area contributed by atoms with Crippen molar-refractivity contribution in [2.24, 2.45) is 4.99 Å². The van der Waals surface area contributed by atoms with Crippen molar-refractivity contribution in [2.75, 3.05) is 0 Å². The van der Waals surface area contributed by atoms with Gasteiger partial charge in [-0.2, -0.15) is 4.99 Å². The van der Waals surface area contributed by atoms with Crippen molar-refractivity contribution in [3.63, 3.8) is 0 Å². The van der Waals surface area contributed by atoms with Crippen LogP contribution in [0.5, 0.6) is 0 Å². The van der Waals surface area contributed by atoms with Gasteiger partial charge < -0.3 is 0 Å². The fraction of sp³-hybridized carbons (Fsp3) is 0.182. The molecule has 0 unspecified atom stereocenters. The lowest BCUT2D eigenvalue weighted by Gasteiger charge is -2.01. The van der Waals surface area contributed by atoms with Crippen molar-refractivity contribution in [3.8, 4) is 0 Å². The molecule has 0 bridgehead atoms. The van der Waals surface area contributed by atoms with Crippen LogP contribution in [0.4, 0.5) is 0 Å². The van der Waals surface area contributed by atoms with Crippen LogP contribution in [0.1, 0.15) is 19.4 Å². The predicted octanol–water partition coefficient (Wildman–Crippen LogP) is 2.77. The molecule has 0 saturated carbocycles. The molecule has 0 aliphatic rings. The van der Waals surface area contributed by atoms with E-state index in [2.05, 4.69) is 4.99 Å². The summed E-state index contributed by atoms with van der Waals surface area (Å²) in [5, 5.41) is 0. The number of isocyanates is 1. The van der Waals surface area contributed by atoms with Crippen molar-refractivity contribution in [1.82, 2.24) is 0 Å². The van der Waals surface area contributed by atoms with Crippen molar-refractivity contribution in [3.05, 3.63) is 41.6 Å². The van der Waals surface area contributed by atoms with Crippen molar-refractivity contribution in [2.45, 2.75) is 13.8 Å². The first-order valence-electron chi connectivity index (χ1n) is 4.06. The van der Waals surface area contributed by atoms with E-state index in [9.17, 15) is 4.79 Å². The van der Waals surface area contributed by atoms with Crippen LogP contribution in [-0.4, -0.2) is 6.08 Å². The number of benzene rings is 1. The second-order valence-electron chi connectivity index (χ2n) is 2.78. The van der Waals surface area contributed by atoms with Gasteiger partial charge in [-0.05, 0) is 25.0 Å². The summed E-state index contributed by atoms with van der Waals surface area (Å²) in [4.78, 5) is 13.6. The highest BCUT2D eigenvalue weighted by atomic mass is 16.1. The number of carbonyl (C=O) groups excluding carboxylic acids is 1. The van der Waals surface area contributed by atoms with E-state index in [0.717, 1.165) is 11.1 Å². The number of rotatable bonds is 2. The summed E-state index contributed by atoms with van der Waals surface area (Å²) < 4.78 is 0. The second kappa shape index (κ2) is 4.39. The lowest BCUT2D eigenvalue weighted by molar-refractivity contribution is 0.564. The Morgan fingerprint density at radius 2 is 1.85 bits per heavy atom. The van der Waals surface area contributed by atoms with E-state index >= 15 is 0 Å². The zero-order valence-corrected chi connectivity index (χ0v) is 7.74. The van der Waals surface area contributed by atoms with Crippen LogP contribution in [0.2, 0.25) is 0 Å². The van der Waals surface area contributed by atoms with Gasteiger partial charge in [0.2, 0.25) is 6.08 Å². The molecule has 0 aliphatic heterocycles. The standard InChI is InChI=1S/C11H11NO/c1-9(10(2)12-8-13)11-6-4-3-5-7-11/h3-7H,1-2H3/b10-9-. The lowest BCUT2D eigenvalue weighted by atomic mass is 10.1. The summed E-state index contributed by atoms with van der Waals surface area (Å²) in [6, 6.07) is 9.83. The Labute approximate surface area is 77.6 Å². The van der Waals surface area contributed by atoms with Crippen LogP contribution in [0.25, 0.3) is 5.57 Å². The molecule has 2 heteroatoms. The first-order valence-corrected chi connectivity index (χ1v) is 4.06. The quantitative estimate of drug-likeness (QED) is 0.499. The van der Waals surface area contributed by atoms with Gasteiger partial charge >= 0.3 is 0 Å². The Morgan fingerprint density at radius 3 is 2.38 bits per heavy atom. The summed E-state index contributed by atoms with van der Waals surface area (Å²) in [7, 11) is 0. The molecule has 0 amide bonds. The number of nitrogens with zero attached hydrogens (tertiary/aromatic N) is 1. The molecule has 0 N–H and O–H groups in total. The zero-order chi connectivity index (χ0) is 9.68. The van der Waals surface area contributed by atoms with Gasteiger partial charge in [-0.1, -0.05) is 30.3 Å². The minimum absolute atomic E-state index is 0.709. The first-order chi connectivity index (χ1) is 6.25. The van der Waals surface area contributed by atoms with Crippen LogP contribution < -0.4 is 0 Å². The first kappa shape index (κ1) is 9.43. The Bertz CT molecular complexity index is 359. The summed E-state index contributed by atoms with van der Waals surface area (Å²) in [5.74, 6) is 0. The SMILES string of the molecule is C/C(N=C=O)=C(\C)c1ccccc1. The van der Waals surface area contributed by atoms with Gasteiger partial charge in [-0.3, -0.25) is 0 Å². The summed E-state index contributed by atoms with van der Waals surface area (Å²) in [6.45, 7) is 3.73. The molecular formula is C11H11NO. The summed E-state index contributed by atoms with van der Waals surface area (Å²) in [6.07, 6.45) is 1.54. The third-order valence-electron chi connectivity index (χ3n) is 1.96. The maximum atomic E-state index is 10.0. The second-order valence-corrected chi connectivity index (χ2v) is 2.78. The molecule has 1 aromatic rings. The van der Waals surface area contributed by atoms with Crippen LogP contribution in [-0.2, 0) is 4.79 Å². The monoisotopic (exact) mass is 173 g/mol. The van der Waals surface area contributed by atoms with Gasteiger partial charge in [0.15, 0.2) is 0 Å². The van der Waals surface area contributed by atoms with E-state index in [1.54, 1.807) is 6.92 Å². The molecule has 0 radical (unpaired) electrons. The maximum absolute atomic E-state index is 10.0. The Balaban J connectivity index is 3.10. The third kappa shape index (κ3) is 2.39. The van der Waals surface area contributed by atoms with E-state index in [1.165, 1.54) is 6.08 Å². The smallest absolute Gasteiger partial charge is 0.211 e. The van der Waals surface area contributed by atoms with Crippen LogP contribution >= 0.6 is 0 Å². The largest absolute Gasteiger partial charge is 0.240 e. The van der Waals surface area contributed by atoms with E-state index in [1.807, 2.05) is 37.3 Å². The molecule has 0 spiro atoms. The lowest BCUT2D eigenvalue weighted by Crippen LogP contribution is -1.81. The molecule has 1 rings (SSSR count). The third-order valence-corrected chi connectivity index (χ3v) is 1.96. The molecule has 2 nitrogen and oxygen atoms in total. The van der Waals surface area contributed by atoms with Gasteiger partial charge in [0.1, 0.15) is 0 Å². The van der Waals surface area contributed by atoms with Gasteiger partial charge in [0, 0.05) is 0 Å². The van der Waals surface area contributed by atoms with Crippen LogP contribution in [0.15, 0.2) is 41.0 Å². The predicted molar refractivity (Wildman–Crippen MR) is 52.8 cm³/mol.